The van der Waals surface area contributed by atoms with Gasteiger partial charge in [0.15, 0.2) is 5.96 Å². The van der Waals surface area contributed by atoms with Gasteiger partial charge in [-0.3, -0.25) is 4.99 Å². The lowest BCUT2D eigenvalue weighted by atomic mass is 10.1. The van der Waals surface area contributed by atoms with Crippen LogP contribution in [0.25, 0.3) is 0 Å². The van der Waals surface area contributed by atoms with Gasteiger partial charge in [-0.1, -0.05) is 6.92 Å². The Balaban J connectivity index is 4.23. The lowest BCUT2D eigenvalue weighted by molar-refractivity contribution is 0.221. The van der Waals surface area contributed by atoms with Crippen LogP contribution in [-0.2, 0) is 0 Å². The van der Waals surface area contributed by atoms with Crippen molar-refractivity contribution >= 4 is 5.96 Å². The topological polar surface area (TPSA) is 70.6 Å². The molecule has 0 fully saturated rings. The van der Waals surface area contributed by atoms with Gasteiger partial charge in [-0.2, -0.15) is 0 Å². The van der Waals surface area contributed by atoms with Crippen molar-refractivity contribution in [1.29, 1.82) is 0 Å². The van der Waals surface area contributed by atoms with Gasteiger partial charge in [0.2, 0.25) is 0 Å². The molecule has 0 aliphatic heterocycles. The molecule has 0 radical (unpaired) electrons. The fourth-order valence-electron chi connectivity index (χ4n) is 0.916. The Kier molecular flexibility index (Phi) is 4.91. The van der Waals surface area contributed by atoms with Gasteiger partial charge in [-0.15, -0.1) is 0 Å². The number of nitrogens with one attached hydrogen (secondary N) is 1. The number of aliphatic imine (C=N–C) groups is 1. The normalized spacial score (nSPS) is 17.7. The van der Waals surface area contributed by atoms with Crippen LogP contribution in [0.4, 0.5) is 0 Å². The zero-order valence-electron chi connectivity index (χ0n) is 9.83. The quantitative estimate of drug-likeness (QED) is 0.465. The minimum Gasteiger partial charge on any atom is -0.396 e. The number of aliphatic hydroxyl groups is 1. The van der Waals surface area contributed by atoms with E-state index < -0.39 is 0 Å². The molecule has 0 aromatic heterocycles. The third kappa shape index (κ3) is 5.80. The van der Waals surface area contributed by atoms with E-state index >= 15 is 0 Å². The van der Waals surface area contributed by atoms with Crippen LogP contribution in [-0.4, -0.2) is 29.3 Å². The minimum atomic E-state index is -0.0737. The number of guanidine groups is 1. The first-order valence-corrected chi connectivity index (χ1v) is 4.98. The lowest BCUT2D eigenvalue weighted by Gasteiger charge is -2.22. The lowest BCUT2D eigenvalue weighted by Crippen LogP contribution is -2.45. The predicted molar refractivity (Wildman–Crippen MR) is 60.2 cm³/mol. The molecular weight excluding hydrogens is 178 g/mol. The number of nitrogens with two attached hydrogens (primary N) is 1. The van der Waals surface area contributed by atoms with Crippen LogP contribution >= 0.6 is 0 Å². The third-order valence-electron chi connectivity index (χ3n) is 1.96. The van der Waals surface area contributed by atoms with E-state index in [2.05, 4.69) is 10.3 Å². The van der Waals surface area contributed by atoms with Crippen LogP contribution in [0.3, 0.4) is 0 Å². The average molecular weight is 201 g/mol. The van der Waals surface area contributed by atoms with Gasteiger partial charge in [0.25, 0.3) is 0 Å². The van der Waals surface area contributed by atoms with Gasteiger partial charge in [-0.05, 0) is 27.7 Å². The monoisotopic (exact) mass is 201 g/mol. The van der Waals surface area contributed by atoms with Crippen molar-refractivity contribution in [2.45, 2.75) is 46.2 Å². The minimum absolute atomic E-state index is 0.0369. The van der Waals surface area contributed by atoms with Gasteiger partial charge in [0.1, 0.15) is 0 Å². The molecule has 0 bridgehead atoms. The summed E-state index contributed by atoms with van der Waals surface area (Å²) in [5.41, 5.74) is 5.64. The molecule has 0 saturated carbocycles. The number of nitrogens with zero attached hydrogens (tertiary/aromatic N) is 1. The molecule has 0 spiro atoms. The zero-order valence-corrected chi connectivity index (χ0v) is 9.83. The molecule has 0 aliphatic carbocycles. The molecule has 1 unspecified atom stereocenters. The molecule has 0 saturated heterocycles. The number of rotatable bonds is 3. The van der Waals surface area contributed by atoms with Gasteiger partial charge in [0, 0.05) is 18.1 Å². The maximum atomic E-state index is 8.92. The van der Waals surface area contributed by atoms with E-state index in [1.807, 2.05) is 34.6 Å². The van der Waals surface area contributed by atoms with Crippen LogP contribution in [0.15, 0.2) is 4.99 Å². The Morgan fingerprint density at radius 3 is 2.29 bits per heavy atom. The van der Waals surface area contributed by atoms with E-state index in [1.54, 1.807) is 0 Å². The molecule has 2 atom stereocenters. The summed E-state index contributed by atoms with van der Waals surface area (Å²) in [4.78, 5) is 4.26. The zero-order chi connectivity index (χ0) is 11.4. The summed E-state index contributed by atoms with van der Waals surface area (Å²) >= 11 is 0. The molecule has 14 heavy (non-hydrogen) atoms. The summed E-state index contributed by atoms with van der Waals surface area (Å²) in [5, 5.41) is 12.0. The summed E-state index contributed by atoms with van der Waals surface area (Å²) in [6.07, 6.45) is 0. The molecule has 0 heterocycles. The molecular formula is C10H23N3O. The third-order valence-corrected chi connectivity index (χ3v) is 1.96. The first kappa shape index (κ1) is 13.2. The van der Waals surface area contributed by atoms with Crippen LogP contribution in [0.1, 0.15) is 34.6 Å². The SMILES string of the molecule is CC(CO)[C@@H](C)N=C(N)NC(C)(C)C. The van der Waals surface area contributed by atoms with E-state index in [9.17, 15) is 0 Å². The van der Waals surface area contributed by atoms with Crippen LogP contribution in [0, 0.1) is 5.92 Å². The Hall–Kier alpha value is -0.770. The molecule has 4 N–H and O–H groups in total. The maximum absolute atomic E-state index is 8.92. The number of aliphatic hydroxyl groups excluding tert-OH is 1. The fourth-order valence-corrected chi connectivity index (χ4v) is 0.916. The van der Waals surface area contributed by atoms with E-state index in [-0.39, 0.29) is 24.1 Å². The van der Waals surface area contributed by atoms with Crippen molar-refractivity contribution in [3.8, 4) is 0 Å². The van der Waals surface area contributed by atoms with Gasteiger partial charge in [0.05, 0.1) is 6.04 Å². The summed E-state index contributed by atoms with van der Waals surface area (Å²) in [6, 6.07) is 0.0369. The Morgan fingerprint density at radius 2 is 1.93 bits per heavy atom. The molecule has 0 aromatic carbocycles. The number of hydrogen-bond donors (Lipinski definition) is 3. The summed E-state index contributed by atoms with van der Waals surface area (Å²) in [6.45, 7) is 10.1. The van der Waals surface area contributed by atoms with Crippen molar-refractivity contribution < 1.29 is 5.11 Å². The summed E-state index contributed by atoms with van der Waals surface area (Å²) in [5.74, 6) is 0.570. The second kappa shape index (κ2) is 5.20. The Bertz CT molecular complexity index is 196. The molecule has 0 aromatic rings. The maximum Gasteiger partial charge on any atom is 0.189 e. The Morgan fingerprint density at radius 1 is 1.43 bits per heavy atom. The highest BCUT2D eigenvalue weighted by atomic mass is 16.3. The van der Waals surface area contributed by atoms with E-state index in [0.717, 1.165) is 0 Å². The van der Waals surface area contributed by atoms with Crippen molar-refractivity contribution in [3.63, 3.8) is 0 Å². The first-order valence-electron chi connectivity index (χ1n) is 4.98. The van der Waals surface area contributed by atoms with Gasteiger partial charge < -0.3 is 16.2 Å². The van der Waals surface area contributed by atoms with Crippen molar-refractivity contribution in [2.24, 2.45) is 16.6 Å². The van der Waals surface area contributed by atoms with Crippen LogP contribution < -0.4 is 11.1 Å². The standard InChI is InChI=1S/C10H23N3O/c1-7(6-14)8(2)12-9(11)13-10(3,4)5/h7-8,14H,6H2,1-5H3,(H3,11,12,13)/t7?,8-/m1/s1. The van der Waals surface area contributed by atoms with E-state index in [0.29, 0.717) is 5.96 Å². The molecule has 0 aliphatic rings. The van der Waals surface area contributed by atoms with Crippen molar-refractivity contribution in [3.05, 3.63) is 0 Å². The van der Waals surface area contributed by atoms with E-state index in [1.165, 1.54) is 0 Å². The number of hydrogen-bond acceptors (Lipinski definition) is 2. The Labute approximate surface area is 86.6 Å². The highest BCUT2D eigenvalue weighted by Gasteiger charge is 2.13. The largest absolute Gasteiger partial charge is 0.396 e. The predicted octanol–water partition coefficient (Wildman–Crippen LogP) is 0.706. The summed E-state index contributed by atoms with van der Waals surface area (Å²) in [7, 11) is 0. The smallest absolute Gasteiger partial charge is 0.189 e. The van der Waals surface area contributed by atoms with Crippen LogP contribution in [0.2, 0.25) is 0 Å². The second-order valence-electron chi connectivity index (χ2n) is 4.79. The highest BCUT2D eigenvalue weighted by Crippen LogP contribution is 2.05. The highest BCUT2D eigenvalue weighted by molar-refractivity contribution is 5.78. The molecule has 4 nitrogen and oxygen atoms in total. The molecule has 4 heteroatoms. The summed E-state index contributed by atoms with van der Waals surface area (Å²) < 4.78 is 0. The van der Waals surface area contributed by atoms with Crippen molar-refractivity contribution in [2.75, 3.05) is 6.61 Å². The average Bonchev–Trinajstić information content (AvgIpc) is 1.99. The molecule has 84 valence electrons. The van der Waals surface area contributed by atoms with Gasteiger partial charge >= 0.3 is 0 Å². The molecule has 0 amide bonds. The first-order chi connectivity index (χ1) is 6.26. The molecule has 0 rings (SSSR count). The van der Waals surface area contributed by atoms with Crippen LogP contribution in [0.5, 0.6) is 0 Å². The van der Waals surface area contributed by atoms with Gasteiger partial charge in [-0.25, -0.2) is 0 Å². The second-order valence-corrected chi connectivity index (χ2v) is 4.79. The fraction of sp³-hybridized carbons (Fsp3) is 0.900. The van der Waals surface area contributed by atoms with Crippen molar-refractivity contribution in [1.82, 2.24) is 5.32 Å². The van der Waals surface area contributed by atoms with E-state index in [4.69, 9.17) is 10.8 Å².